The number of hydrogen-bond acceptors (Lipinski definition) is 5. The zero-order chi connectivity index (χ0) is 27.3. The fraction of sp³-hybridized carbons (Fsp3) is 0.233. The highest BCUT2D eigenvalue weighted by Crippen LogP contribution is 2.39. The predicted octanol–water partition coefficient (Wildman–Crippen LogP) is 5.23. The van der Waals surface area contributed by atoms with Gasteiger partial charge in [-0.3, -0.25) is 4.79 Å². The third-order valence-corrected chi connectivity index (χ3v) is 9.31. The molecule has 8 heteroatoms. The summed E-state index contributed by atoms with van der Waals surface area (Å²) in [5, 5.41) is 24.4. The molecule has 0 radical (unpaired) electrons. The molecule has 0 heterocycles. The van der Waals surface area contributed by atoms with Gasteiger partial charge in [-0.1, -0.05) is 84.4 Å². The normalized spacial score (nSPS) is 19.0. The monoisotopic (exact) mass is 551 g/mol. The van der Waals surface area contributed by atoms with E-state index in [-0.39, 0.29) is 17.4 Å². The number of carbonyl (C=O) groups is 1. The number of benzene rings is 3. The Morgan fingerprint density at radius 1 is 1.05 bits per heavy atom. The van der Waals surface area contributed by atoms with Crippen molar-refractivity contribution >= 4 is 33.0 Å². The maximum Gasteiger partial charge on any atom is 0.329 e. The smallest absolute Gasteiger partial charge is 0.329 e. The zero-order valence-electron chi connectivity index (χ0n) is 20.9. The third-order valence-electron chi connectivity index (χ3n) is 6.77. The Morgan fingerprint density at radius 3 is 2.42 bits per heavy atom. The van der Waals surface area contributed by atoms with Crippen LogP contribution in [0, 0.1) is 0 Å². The number of aliphatic carboxylic acids is 1. The predicted molar refractivity (Wildman–Crippen MR) is 150 cm³/mol. The van der Waals surface area contributed by atoms with E-state index in [0.717, 1.165) is 16.7 Å². The second-order valence-corrected chi connectivity index (χ2v) is 12.2. The number of nitrogens with one attached hydrogen (secondary N) is 1. The summed E-state index contributed by atoms with van der Waals surface area (Å²) in [5.41, 5.74) is 3.04. The molecule has 3 atom stereocenters. The van der Waals surface area contributed by atoms with E-state index in [1.807, 2.05) is 43.3 Å². The maximum absolute atomic E-state index is 13.7. The van der Waals surface area contributed by atoms with Gasteiger partial charge in [-0.2, -0.15) is 0 Å². The van der Waals surface area contributed by atoms with Crippen molar-refractivity contribution in [1.29, 1.82) is 0 Å². The van der Waals surface area contributed by atoms with E-state index in [9.17, 15) is 23.4 Å². The van der Waals surface area contributed by atoms with Crippen LogP contribution in [-0.4, -0.2) is 41.9 Å². The Hall–Kier alpha value is -3.23. The van der Waals surface area contributed by atoms with E-state index in [2.05, 4.69) is 5.32 Å². The summed E-state index contributed by atoms with van der Waals surface area (Å²) >= 11 is 6.00. The second kappa shape index (κ2) is 11.7. The van der Waals surface area contributed by atoms with Gasteiger partial charge in [0.05, 0.1) is 11.0 Å². The van der Waals surface area contributed by atoms with Crippen LogP contribution in [0.15, 0.2) is 102 Å². The van der Waals surface area contributed by atoms with Crippen molar-refractivity contribution in [3.8, 4) is 0 Å². The molecule has 6 nitrogen and oxygen atoms in total. The van der Waals surface area contributed by atoms with Gasteiger partial charge in [-0.05, 0) is 59.9 Å². The van der Waals surface area contributed by atoms with Crippen molar-refractivity contribution in [3.05, 3.63) is 119 Å². The van der Waals surface area contributed by atoms with Crippen LogP contribution in [0.25, 0.3) is 5.57 Å². The highest BCUT2D eigenvalue weighted by molar-refractivity contribution is 7.93. The first-order chi connectivity index (χ1) is 18.1. The molecule has 198 valence electrons. The molecule has 1 unspecified atom stereocenters. The Labute approximate surface area is 228 Å². The van der Waals surface area contributed by atoms with Gasteiger partial charge >= 0.3 is 5.97 Å². The molecule has 0 aromatic heterocycles. The van der Waals surface area contributed by atoms with Crippen LogP contribution in [-0.2, 0) is 21.1 Å². The number of allylic oxidation sites excluding steroid dienone is 3. The lowest BCUT2D eigenvalue weighted by Gasteiger charge is -2.29. The average molecular weight is 552 g/mol. The standard InChI is InChI=1S/C30H30ClNO5S/c1-21(32-20-28(33)24-9-5-11-26(31)18-24)17-22-12-14-27(15-13-22)38(36,37)30(29(34)35)16-6-10-25(19-30)23-7-3-2-4-8-23/h2-16,18,21,28,32-33H,17,19-20H2,1H3,(H,34,35)/t21-,28+,30?/m1/s1. The van der Waals surface area contributed by atoms with Crippen molar-refractivity contribution in [3.63, 3.8) is 0 Å². The number of sulfone groups is 1. The molecule has 0 saturated carbocycles. The van der Waals surface area contributed by atoms with E-state index >= 15 is 0 Å². The van der Waals surface area contributed by atoms with Gasteiger partial charge in [0.1, 0.15) is 0 Å². The van der Waals surface area contributed by atoms with Crippen LogP contribution in [0.1, 0.15) is 36.1 Å². The van der Waals surface area contributed by atoms with Crippen LogP contribution >= 0.6 is 11.6 Å². The summed E-state index contributed by atoms with van der Waals surface area (Å²) < 4.78 is 25.3. The lowest BCUT2D eigenvalue weighted by molar-refractivity contribution is -0.138. The molecule has 0 saturated heterocycles. The molecule has 0 aliphatic heterocycles. The van der Waals surface area contributed by atoms with Gasteiger partial charge in [0.15, 0.2) is 14.6 Å². The van der Waals surface area contributed by atoms with Crippen LogP contribution in [0.4, 0.5) is 0 Å². The lowest BCUT2D eigenvalue weighted by Crippen LogP contribution is -2.45. The third kappa shape index (κ3) is 5.92. The topological polar surface area (TPSA) is 104 Å². The summed E-state index contributed by atoms with van der Waals surface area (Å²) in [7, 11) is -4.25. The molecule has 1 aliphatic rings. The first kappa shape index (κ1) is 27.8. The molecule has 3 aromatic rings. The molecule has 3 N–H and O–H groups in total. The molecule has 0 bridgehead atoms. The van der Waals surface area contributed by atoms with Crippen LogP contribution in [0.3, 0.4) is 0 Å². The fourth-order valence-corrected chi connectivity index (χ4v) is 6.55. The van der Waals surface area contributed by atoms with Crippen molar-refractivity contribution in [1.82, 2.24) is 5.32 Å². The minimum Gasteiger partial charge on any atom is -0.480 e. The highest BCUT2D eigenvalue weighted by atomic mass is 35.5. The number of aliphatic hydroxyl groups excluding tert-OH is 1. The van der Waals surface area contributed by atoms with Crippen LogP contribution < -0.4 is 5.32 Å². The summed E-state index contributed by atoms with van der Waals surface area (Å²) in [4.78, 5) is 12.4. The van der Waals surface area contributed by atoms with Crippen molar-refractivity contribution in [2.24, 2.45) is 0 Å². The summed E-state index contributed by atoms with van der Waals surface area (Å²) in [6.07, 6.45) is 4.25. The first-order valence-corrected chi connectivity index (χ1v) is 14.2. The number of hydrogen-bond donors (Lipinski definition) is 3. The van der Waals surface area contributed by atoms with E-state index in [4.69, 9.17) is 11.6 Å². The fourth-order valence-electron chi connectivity index (χ4n) is 4.60. The first-order valence-electron chi connectivity index (χ1n) is 12.3. The zero-order valence-corrected chi connectivity index (χ0v) is 22.5. The van der Waals surface area contributed by atoms with Crippen molar-refractivity contribution < 1.29 is 23.4 Å². The second-order valence-electron chi connectivity index (χ2n) is 9.52. The highest BCUT2D eigenvalue weighted by Gasteiger charge is 2.51. The molecule has 0 spiro atoms. The number of carboxylic acid groups (broad SMARTS) is 1. The van der Waals surface area contributed by atoms with E-state index in [0.29, 0.717) is 23.6 Å². The van der Waals surface area contributed by atoms with Gasteiger partial charge in [0.2, 0.25) is 0 Å². The van der Waals surface area contributed by atoms with E-state index < -0.39 is 26.7 Å². The number of aliphatic hydroxyl groups is 1. The SMILES string of the molecule is C[C@H](Cc1ccc(S(=O)(=O)C2(C(=O)O)C=CC=C(c3ccccc3)C2)cc1)NC[C@H](O)c1cccc(Cl)c1. The minimum atomic E-state index is -4.25. The largest absolute Gasteiger partial charge is 0.480 e. The molecule has 0 amide bonds. The molecular formula is C30H30ClNO5S. The van der Waals surface area contributed by atoms with E-state index in [1.54, 1.807) is 36.4 Å². The van der Waals surface area contributed by atoms with Gasteiger partial charge in [-0.15, -0.1) is 0 Å². The van der Waals surface area contributed by atoms with E-state index in [1.165, 1.54) is 24.3 Å². The van der Waals surface area contributed by atoms with Crippen LogP contribution in [0.5, 0.6) is 0 Å². The number of carboxylic acids is 1. The molecular weight excluding hydrogens is 522 g/mol. The van der Waals surface area contributed by atoms with Crippen molar-refractivity contribution in [2.45, 2.75) is 41.6 Å². The Balaban J connectivity index is 1.45. The summed E-state index contributed by atoms with van der Waals surface area (Å²) in [6.45, 7) is 2.30. The lowest BCUT2D eigenvalue weighted by atomic mass is 9.89. The minimum absolute atomic E-state index is 0.00324. The number of rotatable bonds is 10. The Kier molecular flexibility index (Phi) is 8.53. The molecule has 1 aliphatic carbocycles. The quantitative estimate of drug-likeness (QED) is 0.318. The van der Waals surface area contributed by atoms with Gasteiger partial charge in [0, 0.05) is 24.0 Å². The molecule has 3 aromatic carbocycles. The van der Waals surface area contributed by atoms with Crippen molar-refractivity contribution in [2.75, 3.05) is 6.54 Å². The summed E-state index contributed by atoms with van der Waals surface area (Å²) in [5.74, 6) is -1.41. The molecule has 38 heavy (non-hydrogen) atoms. The van der Waals surface area contributed by atoms with Gasteiger partial charge < -0.3 is 15.5 Å². The van der Waals surface area contributed by atoms with Gasteiger partial charge in [0.25, 0.3) is 0 Å². The van der Waals surface area contributed by atoms with Gasteiger partial charge in [-0.25, -0.2) is 8.42 Å². The Morgan fingerprint density at radius 2 is 1.76 bits per heavy atom. The molecule has 4 rings (SSSR count). The maximum atomic E-state index is 13.7. The average Bonchev–Trinajstić information content (AvgIpc) is 2.92. The Bertz CT molecular complexity index is 1450. The van der Waals surface area contributed by atoms with Crippen LogP contribution in [0.2, 0.25) is 5.02 Å². The number of halogens is 1. The summed E-state index contributed by atoms with van der Waals surface area (Å²) in [6, 6.07) is 22.6. The molecule has 0 fully saturated rings.